The third-order valence-corrected chi connectivity index (χ3v) is 3.47. The SMILES string of the molecule is CN(CCc1cccs1)c1ccc(CO)nn1. The molecule has 5 heteroatoms. The molecule has 0 aliphatic rings. The maximum atomic E-state index is 8.88. The van der Waals surface area contributed by atoms with E-state index < -0.39 is 0 Å². The van der Waals surface area contributed by atoms with Crippen molar-refractivity contribution in [3.8, 4) is 0 Å². The van der Waals surface area contributed by atoms with Crippen LogP contribution in [0.25, 0.3) is 0 Å². The fourth-order valence-corrected chi connectivity index (χ4v) is 2.19. The Morgan fingerprint density at radius 3 is 2.76 bits per heavy atom. The molecule has 0 amide bonds. The number of hydrogen-bond donors (Lipinski definition) is 1. The van der Waals surface area contributed by atoms with E-state index in [1.165, 1.54) is 4.88 Å². The fraction of sp³-hybridized carbons (Fsp3) is 0.333. The van der Waals surface area contributed by atoms with E-state index in [0.717, 1.165) is 18.8 Å². The van der Waals surface area contributed by atoms with Gasteiger partial charge in [-0.2, -0.15) is 5.10 Å². The minimum Gasteiger partial charge on any atom is -0.390 e. The molecule has 1 N–H and O–H groups in total. The standard InChI is InChI=1S/C12H15N3OS/c1-15(7-6-11-3-2-8-17-11)12-5-4-10(9-16)13-14-12/h2-5,8,16H,6-7,9H2,1H3. The fourth-order valence-electron chi connectivity index (χ4n) is 1.49. The number of nitrogens with zero attached hydrogens (tertiary/aromatic N) is 3. The van der Waals surface area contributed by atoms with Crippen LogP contribution in [0.3, 0.4) is 0 Å². The molecule has 2 rings (SSSR count). The van der Waals surface area contributed by atoms with Crippen molar-refractivity contribution in [1.82, 2.24) is 10.2 Å². The molecule has 0 aliphatic heterocycles. The Balaban J connectivity index is 1.92. The second kappa shape index (κ2) is 5.75. The Hall–Kier alpha value is -1.46. The quantitative estimate of drug-likeness (QED) is 0.876. The summed E-state index contributed by atoms with van der Waals surface area (Å²) in [5.74, 6) is 0.832. The molecule has 0 saturated heterocycles. The highest BCUT2D eigenvalue weighted by atomic mass is 32.1. The Labute approximate surface area is 105 Å². The first-order valence-corrected chi connectivity index (χ1v) is 6.34. The third kappa shape index (κ3) is 3.25. The predicted molar refractivity (Wildman–Crippen MR) is 69.2 cm³/mol. The molecule has 0 aliphatic carbocycles. The monoisotopic (exact) mass is 249 g/mol. The van der Waals surface area contributed by atoms with Crippen molar-refractivity contribution < 1.29 is 5.11 Å². The average Bonchev–Trinajstić information content (AvgIpc) is 2.89. The highest BCUT2D eigenvalue weighted by molar-refractivity contribution is 7.09. The molecule has 2 heterocycles. The lowest BCUT2D eigenvalue weighted by atomic mass is 10.3. The van der Waals surface area contributed by atoms with Gasteiger partial charge >= 0.3 is 0 Å². The van der Waals surface area contributed by atoms with Gasteiger partial charge in [-0.15, -0.1) is 16.4 Å². The summed E-state index contributed by atoms with van der Waals surface area (Å²) in [7, 11) is 2.00. The Morgan fingerprint density at radius 1 is 1.29 bits per heavy atom. The van der Waals surface area contributed by atoms with E-state index in [9.17, 15) is 0 Å². The highest BCUT2D eigenvalue weighted by Crippen LogP contribution is 2.12. The molecular formula is C12H15N3OS. The van der Waals surface area contributed by atoms with Crippen LogP contribution in [-0.4, -0.2) is 28.9 Å². The molecule has 0 spiro atoms. The molecule has 17 heavy (non-hydrogen) atoms. The van der Waals surface area contributed by atoms with Gasteiger partial charge in [-0.3, -0.25) is 0 Å². The predicted octanol–water partition coefficient (Wildman–Crippen LogP) is 1.71. The second-order valence-corrected chi connectivity index (χ2v) is 4.82. The number of rotatable bonds is 5. The van der Waals surface area contributed by atoms with Crippen LogP contribution in [0.5, 0.6) is 0 Å². The highest BCUT2D eigenvalue weighted by Gasteiger charge is 2.04. The average molecular weight is 249 g/mol. The van der Waals surface area contributed by atoms with Crippen LogP contribution in [0.15, 0.2) is 29.6 Å². The summed E-state index contributed by atoms with van der Waals surface area (Å²) < 4.78 is 0. The van der Waals surface area contributed by atoms with E-state index in [0.29, 0.717) is 5.69 Å². The van der Waals surface area contributed by atoms with Crippen molar-refractivity contribution in [1.29, 1.82) is 0 Å². The normalized spacial score (nSPS) is 10.5. The molecule has 0 atom stereocenters. The number of anilines is 1. The second-order valence-electron chi connectivity index (χ2n) is 3.79. The van der Waals surface area contributed by atoms with E-state index in [1.807, 2.05) is 13.1 Å². The van der Waals surface area contributed by atoms with E-state index in [4.69, 9.17) is 5.11 Å². The number of aliphatic hydroxyl groups excluding tert-OH is 1. The van der Waals surface area contributed by atoms with Gasteiger partial charge in [-0.05, 0) is 30.0 Å². The van der Waals surface area contributed by atoms with Crippen LogP contribution in [0.1, 0.15) is 10.6 Å². The van der Waals surface area contributed by atoms with Gasteiger partial charge in [0.05, 0.1) is 12.3 Å². The molecule has 0 fully saturated rings. The van der Waals surface area contributed by atoms with Crippen molar-refractivity contribution in [2.75, 3.05) is 18.5 Å². The van der Waals surface area contributed by atoms with Crippen LogP contribution < -0.4 is 4.90 Å². The molecule has 90 valence electrons. The van der Waals surface area contributed by atoms with Crippen molar-refractivity contribution >= 4 is 17.2 Å². The molecule has 0 bridgehead atoms. The Morgan fingerprint density at radius 2 is 2.18 bits per heavy atom. The van der Waals surface area contributed by atoms with Crippen LogP contribution in [0.4, 0.5) is 5.82 Å². The number of likely N-dealkylation sites (N-methyl/N-ethyl adjacent to an activating group) is 1. The van der Waals surface area contributed by atoms with Gasteiger partial charge in [0, 0.05) is 18.5 Å². The van der Waals surface area contributed by atoms with Crippen LogP contribution in [0, 0.1) is 0 Å². The van der Waals surface area contributed by atoms with E-state index in [2.05, 4.69) is 32.6 Å². The summed E-state index contributed by atoms with van der Waals surface area (Å²) in [6.07, 6.45) is 1.01. The van der Waals surface area contributed by atoms with E-state index >= 15 is 0 Å². The maximum Gasteiger partial charge on any atom is 0.150 e. The van der Waals surface area contributed by atoms with Crippen molar-refractivity contribution in [2.24, 2.45) is 0 Å². The lowest BCUT2D eigenvalue weighted by Gasteiger charge is -2.16. The van der Waals surface area contributed by atoms with Gasteiger partial charge in [-0.25, -0.2) is 0 Å². The Kier molecular flexibility index (Phi) is 4.06. The minimum atomic E-state index is -0.0633. The molecule has 0 aromatic carbocycles. The number of aliphatic hydroxyl groups is 1. The first kappa shape index (κ1) is 12.0. The molecular weight excluding hydrogens is 234 g/mol. The summed E-state index contributed by atoms with van der Waals surface area (Å²) in [4.78, 5) is 3.44. The largest absolute Gasteiger partial charge is 0.390 e. The minimum absolute atomic E-state index is 0.0633. The van der Waals surface area contributed by atoms with E-state index in [1.54, 1.807) is 17.4 Å². The number of hydrogen-bond acceptors (Lipinski definition) is 5. The van der Waals surface area contributed by atoms with Crippen molar-refractivity contribution in [2.45, 2.75) is 13.0 Å². The van der Waals surface area contributed by atoms with Gasteiger partial charge in [0.25, 0.3) is 0 Å². The number of thiophene rings is 1. The molecule has 0 unspecified atom stereocenters. The van der Waals surface area contributed by atoms with Gasteiger partial charge in [-0.1, -0.05) is 6.07 Å². The van der Waals surface area contributed by atoms with Gasteiger partial charge in [0.2, 0.25) is 0 Å². The van der Waals surface area contributed by atoms with Crippen LogP contribution in [0.2, 0.25) is 0 Å². The first-order valence-electron chi connectivity index (χ1n) is 5.46. The summed E-state index contributed by atoms with van der Waals surface area (Å²) in [6, 6.07) is 7.88. The van der Waals surface area contributed by atoms with Gasteiger partial charge in [0.1, 0.15) is 0 Å². The zero-order valence-corrected chi connectivity index (χ0v) is 10.5. The van der Waals surface area contributed by atoms with Crippen LogP contribution in [-0.2, 0) is 13.0 Å². The zero-order valence-electron chi connectivity index (χ0n) is 9.71. The van der Waals surface area contributed by atoms with Crippen LogP contribution >= 0.6 is 11.3 Å². The van der Waals surface area contributed by atoms with Gasteiger partial charge < -0.3 is 10.0 Å². The first-order chi connectivity index (χ1) is 8.29. The number of aromatic nitrogens is 2. The summed E-state index contributed by atoms with van der Waals surface area (Å²) >= 11 is 1.77. The molecule has 0 saturated carbocycles. The summed E-state index contributed by atoms with van der Waals surface area (Å²) in [6.45, 7) is 0.847. The maximum absolute atomic E-state index is 8.88. The Bertz CT molecular complexity index is 441. The molecule has 4 nitrogen and oxygen atoms in total. The van der Waals surface area contributed by atoms with Crippen molar-refractivity contribution in [3.63, 3.8) is 0 Å². The third-order valence-electron chi connectivity index (χ3n) is 2.53. The van der Waals surface area contributed by atoms with E-state index in [-0.39, 0.29) is 6.61 Å². The molecule has 2 aromatic rings. The van der Waals surface area contributed by atoms with Gasteiger partial charge in [0.15, 0.2) is 5.82 Å². The van der Waals surface area contributed by atoms with Crippen molar-refractivity contribution in [3.05, 3.63) is 40.2 Å². The molecule has 2 aromatic heterocycles. The molecule has 0 radical (unpaired) electrons. The summed E-state index contributed by atoms with van der Waals surface area (Å²) in [5, 5.41) is 19.0. The lowest BCUT2D eigenvalue weighted by Crippen LogP contribution is -2.21. The smallest absolute Gasteiger partial charge is 0.150 e. The zero-order chi connectivity index (χ0) is 12.1. The summed E-state index contributed by atoms with van der Waals surface area (Å²) in [5.41, 5.74) is 0.598. The topological polar surface area (TPSA) is 49.2 Å². The lowest BCUT2D eigenvalue weighted by molar-refractivity contribution is 0.275.